The number of hydrogen-bond acceptors (Lipinski definition) is 10. The van der Waals surface area contributed by atoms with Crippen molar-refractivity contribution in [3.63, 3.8) is 0 Å². The highest BCUT2D eigenvalue weighted by atomic mass is 16.9. The molecule has 0 bridgehead atoms. The van der Waals surface area contributed by atoms with Crippen LogP contribution in [0, 0.1) is 5.92 Å². The molecule has 1 aromatic carbocycles. The second kappa shape index (κ2) is 6.99. The molecule has 27 heavy (non-hydrogen) atoms. The average molecular weight is 385 g/mol. The number of ether oxygens (including phenoxy) is 2. The Kier molecular flexibility index (Phi) is 5.16. The number of piperidine rings is 1. The molecule has 0 aliphatic carbocycles. The summed E-state index contributed by atoms with van der Waals surface area (Å²) >= 11 is 0. The van der Waals surface area contributed by atoms with Crippen LogP contribution >= 0.6 is 0 Å². The maximum atomic E-state index is 12.4. The maximum Gasteiger partial charge on any atom is 0.453 e. The molecule has 1 saturated heterocycles. The van der Waals surface area contributed by atoms with E-state index < -0.39 is 23.8 Å². The van der Waals surface area contributed by atoms with Gasteiger partial charge in [-0.15, -0.1) is 0 Å². The molecule has 3 rings (SSSR count). The molecular weight excluding hydrogens is 362 g/mol. The zero-order valence-electron chi connectivity index (χ0n) is 14.7. The summed E-state index contributed by atoms with van der Waals surface area (Å²) in [5, 5.41) is 54.6. The number of aliphatic hydroxyl groups is 6. The van der Waals surface area contributed by atoms with Crippen LogP contribution in [-0.2, 0) is 11.2 Å². The van der Waals surface area contributed by atoms with Gasteiger partial charge in [0.15, 0.2) is 11.5 Å². The predicted molar refractivity (Wildman–Crippen MR) is 87.9 cm³/mol. The fourth-order valence-electron chi connectivity index (χ4n) is 3.77. The highest BCUT2D eigenvalue weighted by Gasteiger charge is 2.39. The molecule has 2 heterocycles. The van der Waals surface area contributed by atoms with Crippen LogP contribution in [0.3, 0.4) is 0 Å². The van der Waals surface area contributed by atoms with Gasteiger partial charge in [0.05, 0.1) is 0 Å². The third-order valence-electron chi connectivity index (χ3n) is 4.97. The summed E-state index contributed by atoms with van der Waals surface area (Å²) in [6.45, 7) is 3.25. The summed E-state index contributed by atoms with van der Waals surface area (Å²) in [4.78, 5) is 14.5. The third-order valence-corrected chi connectivity index (χ3v) is 4.97. The minimum Gasteiger partial charge on any atom is -0.413 e. The number of fused-ring (bicyclic) bond motifs is 3. The summed E-state index contributed by atoms with van der Waals surface area (Å²) in [6, 6.07) is 2.40. The van der Waals surface area contributed by atoms with Gasteiger partial charge in [-0.05, 0) is 36.1 Å². The lowest BCUT2D eigenvalue weighted by atomic mass is 9.82. The third kappa shape index (κ3) is 4.55. The van der Waals surface area contributed by atoms with Gasteiger partial charge < -0.3 is 40.1 Å². The predicted octanol–water partition coefficient (Wildman–Crippen LogP) is -1.48. The van der Waals surface area contributed by atoms with Gasteiger partial charge in [-0.3, -0.25) is 9.69 Å². The maximum absolute atomic E-state index is 12.4. The topological polar surface area (TPSA) is 160 Å². The Bertz CT molecular complexity index is 722. The van der Waals surface area contributed by atoms with Crippen molar-refractivity contribution in [3.8, 4) is 11.5 Å². The van der Waals surface area contributed by atoms with Crippen molar-refractivity contribution < 1.29 is 44.9 Å². The highest BCUT2D eigenvalue weighted by Crippen LogP contribution is 2.43. The first-order valence-electron chi connectivity index (χ1n) is 8.62. The Hall–Kier alpha value is -1.79. The van der Waals surface area contributed by atoms with E-state index in [0.717, 1.165) is 6.42 Å². The summed E-state index contributed by atoms with van der Waals surface area (Å²) in [5.74, 6) is -0.769. The molecule has 0 aromatic heterocycles. The van der Waals surface area contributed by atoms with Crippen LogP contribution in [0.4, 0.5) is 0 Å². The van der Waals surface area contributed by atoms with E-state index in [0.29, 0.717) is 30.6 Å². The summed E-state index contributed by atoms with van der Waals surface area (Å²) in [7, 11) is 0. The molecule has 2 aliphatic heterocycles. The molecule has 10 heteroatoms. The van der Waals surface area contributed by atoms with Crippen molar-refractivity contribution in [2.24, 2.45) is 5.92 Å². The Morgan fingerprint density at radius 2 is 1.67 bits per heavy atom. The van der Waals surface area contributed by atoms with Gasteiger partial charge in [0.2, 0.25) is 0 Å². The summed E-state index contributed by atoms with van der Waals surface area (Å²) in [6.07, 6.45) is -5.50. The van der Waals surface area contributed by atoms with Gasteiger partial charge in [-0.1, -0.05) is 6.92 Å². The van der Waals surface area contributed by atoms with Gasteiger partial charge in [-0.25, -0.2) is 0 Å². The van der Waals surface area contributed by atoms with Crippen molar-refractivity contribution in [2.45, 2.75) is 44.5 Å². The lowest BCUT2D eigenvalue weighted by Crippen LogP contribution is -2.46. The van der Waals surface area contributed by atoms with Crippen LogP contribution in [0.5, 0.6) is 11.5 Å². The number of nitrogens with zero attached hydrogens (tertiary/aromatic N) is 1. The zero-order valence-corrected chi connectivity index (χ0v) is 14.7. The summed E-state index contributed by atoms with van der Waals surface area (Å²) in [5.41, 5.74) is 1.38. The van der Waals surface area contributed by atoms with Crippen LogP contribution < -0.4 is 9.47 Å². The largest absolute Gasteiger partial charge is 0.453 e. The first kappa shape index (κ1) is 20.0. The Morgan fingerprint density at radius 3 is 2.22 bits per heavy atom. The Balaban J connectivity index is 2.00. The fraction of sp³-hybridized carbons (Fsp3) is 0.588. The highest BCUT2D eigenvalue weighted by molar-refractivity contribution is 5.83. The number of rotatable bonds is 5. The van der Waals surface area contributed by atoms with Crippen molar-refractivity contribution in [1.82, 2.24) is 4.90 Å². The number of benzene rings is 1. The lowest BCUT2D eigenvalue weighted by Gasteiger charge is -2.43. The quantitative estimate of drug-likeness (QED) is 0.330. The molecule has 0 radical (unpaired) electrons. The number of Topliss-reactive ketones (excluding diaryl/α,β-unsaturated/α-hetero) is 1. The van der Waals surface area contributed by atoms with Crippen molar-refractivity contribution >= 4 is 5.78 Å². The SMILES string of the molecule is CCC1CN2CCc3cc(OC(O)(O)O)c(OC(O)(O)O)cc3C2CC1=O. The van der Waals surface area contributed by atoms with Crippen LogP contribution in [0.1, 0.15) is 36.9 Å². The van der Waals surface area contributed by atoms with E-state index in [4.69, 9.17) is 30.6 Å². The molecule has 2 aliphatic rings. The molecule has 10 nitrogen and oxygen atoms in total. The van der Waals surface area contributed by atoms with E-state index in [1.807, 2.05) is 6.92 Å². The number of carbonyl (C=O) groups is 1. The van der Waals surface area contributed by atoms with E-state index in [2.05, 4.69) is 14.4 Å². The molecule has 2 unspecified atom stereocenters. The first-order valence-corrected chi connectivity index (χ1v) is 8.62. The normalized spacial score (nSPS) is 23.6. The van der Waals surface area contributed by atoms with Crippen LogP contribution in [-0.4, -0.2) is 66.7 Å². The van der Waals surface area contributed by atoms with E-state index in [-0.39, 0.29) is 24.2 Å². The van der Waals surface area contributed by atoms with Crippen molar-refractivity contribution in [1.29, 1.82) is 0 Å². The lowest BCUT2D eigenvalue weighted by molar-refractivity contribution is -0.428. The standard InChI is InChI=1S/C17H23NO9/c1-2-9-8-18-4-3-10-5-14(26-16(20,21)22)15(27-17(23,24)25)6-11(10)12(18)7-13(9)19/h5-6,9,12,20-25H,2-4,7-8H2,1H3. The Labute approximate surface area is 154 Å². The molecule has 2 atom stereocenters. The number of hydrogen-bond donors (Lipinski definition) is 6. The monoisotopic (exact) mass is 385 g/mol. The second-order valence-electron chi connectivity index (χ2n) is 6.89. The van der Waals surface area contributed by atoms with E-state index in [1.165, 1.54) is 12.1 Å². The van der Waals surface area contributed by atoms with E-state index in [9.17, 15) is 4.79 Å². The molecule has 1 fully saturated rings. The molecule has 150 valence electrons. The van der Waals surface area contributed by atoms with E-state index in [1.54, 1.807) is 0 Å². The van der Waals surface area contributed by atoms with Crippen molar-refractivity contribution in [2.75, 3.05) is 13.1 Å². The van der Waals surface area contributed by atoms with Gasteiger partial charge in [0.25, 0.3) is 0 Å². The number of ketones is 1. The van der Waals surface area contributed by atoms with Gasteiger partial charge >= 0.3 is 12.3 Å². The molecule has 0 saturated carbocycles. The minimum atomic E-state index is -3.56. The Morgan fingerprint density at radius 1 is 1.07 bits per heavy atom. The van der Waals surface area contributed by atoms with Crippen LogP contribution in [0.2, 0.25) is 0 Å². The smallest absolute Gasteiger partial charge is 0.413 e. The zero-order chi connectivity index (χ0) is 20.0. The molecule has 1 aromatic rings. The van der Waals surface area contributed by atoms with Gasteiger partial charge in [0.1, 0.15) is 5.78 Å². The van der Waals surface area contributed by atoms with E-state index >= 15 is 0 Å². The van der Waals surface area contributed by atoms with Crippen LogP contribution in [0.15, 0.2) is 12.1 Å². The summed E-state index contributed by atoms with van der Waals surface area (Å²) < 4.78 is 9.16. The van der Waals surface area contributed by atoms with Gasteiger partial charge in [0, 0.05) is 31.5 Å². The van der Waals surface area contributed by atoms with Gasteiger partial charge in [-0.2, -0.15) is 0 Å². The molecular formula is C17H23NO9. The molecule has 6 N–H and O–H groups in total. The fourth-order valence-corrected chi connectivity index (χ4v) is 3.77. The molecule has 0 spiro atoms. The van der Waals surface area contributed by atoms with Crippen molar-refractivity contribution in [3.05, 3.63) is 23.3 Å². The first-order chi connectivity index (χ1) is 12.5. The molecule has 0 amide bonds. The second-order valence-corrected chi connectivity index (χ2v) is 6.89. The minimum absolute atomic E-state index is 0.0279. The number of carbonyl (C=O) groups excluding carboxylic acids is 1. The average Bonchev–Trinajstić information content (AvgIpc) is 2.52. The van der Waals surface area contributed by atoms with Crippen LogP contribution in [0.25, 0.3) is 0 Å².